The third-order valence-corrected chi connectivity index (χ3v) is 8.75. The van der Waals surface area contributed by atoms with Crippen LogP contribution in [0.4, 0.5) is 0 Å². The second-order valence-corrected chi connectivity index (χ2v) is 14.3. The van der Waals surface area contributed by atoms with Crippen molar-refractivity contribution in [1.29, 1.82) is 0 Å². The van der Waals surface area contributed by atoms with Crippen molar-refractivity contribution in [3.8, 4) is 0 Å². The van der Waals surface area contributed by atoms with E-state index in [2.05, 4.69) is 76.2 Å². The summed E-state index contributed by atoms with van der Waals surface area (Å²) in [5, 5.41) is 0.681. The van der Waals surface area contributed by atoms with Gasteiger partial charge in [-0.05, 0) is 21.9 Å². The van der Waals surface area contributed by atoms with Crippen LogP contribution in [0, 0.1) is 10.8 Å². The highest BCUT2D eigenvalue weighted by Gasteiger charge is 2.43. The van der Waals surface area contributed by atoms with Gasteiger partial charge < -0.3 is 4.74 Å². The van der Waals surface area contributed by atoms with Crippen molar-refractivity contribution in [2.45, 2.75) is 92.5 Å². The van der Waals surface area contributed by atoms with Gasteiger partial charge in [0.05, 0.1) is 6.04 Å². The molecule has 0 fully saturated rings. The molecule has 0 saturated heterocycles. The summed E-state index contributed by atoms with van der Waals surface area (Å²) in [5.74, 6) is 0.980. The number of ether oxygens (including phenoxy) is 1. The minimum atomic E-state index is -0.150. The number of hydrogen-bond acceptors (Lipinski definition) is 2. The predicted molar refractivity (Wildman–Crippen MR) is 102 cm³/mol. The van der Waals surface area contributed by atoms with Gasteiger partial charge in [-0.1, -0.05) is 84.1 Å². The molecule has 0 aromatic carbocycles. The van der Waals surface area contributed by atoms with E-state index >= 15 is 0 Å². The van der Waals surface area contributed by atoms with Crippen LogP contribution in [-0.2, 0) is 4.74 Å². The van der Waals surface area contributed by atoms with Crippen molar-refractivity contribution in [3.63, 3.8) is 0 Å². The van der Waals surface area contributed by atoms with Crippen molar-refractivity contribution in [2.24, 2.45) is 15.8 Å². The molecule has 0 radical (unpaired) electrons. The molecule has 2 nitrogen and oxygen atoms in total. The van der Waals surface area contributed by atoms with Crippen LogP contribution < -0.4 is 0 Å². The van der Waals surface area contributed by atoms with Gasteiger partial charge >= 0.3 is 0 Å². The lowest BCUT2D eigenvalue weighted by Crippen LogP contribution is -2.35. The molecule has 1 aliphatic rings. The zero-order chi connectivity index (χ0) is 17.6. The van der Waals surface area contributed by atoms with E-state index in [1.54, 1.807) is 0 Å². The van der Waals surface area contributed by atoms with E-state index in [0.717, 1.165) is 12.5 Å². The molecular weight excluding hydrogens is 289 g/mol. The Morgan fingerprint density at radius 2 is 1.36 bits per heavy atom. The van der Waals surface area contributed by atoms with Gasteiger partial charge in [-0.15, -0.1) is 0 Å². The summed E-state index contributed by atoms with van der Waals surface area (Å²) in [7, 11) is -0.150. The molecule has 1 atom stereocenters. The van der Waals surface area contributed by atoms with Crippen LogP contribution in [0.1, 0.15) is 76.2 Å². The Morgan fingerprint density at radius 1 is 0.909 bits per heavy atom. The van der Waals surface area contributed by atoms with E-state index in [0.29, 0.717) is 10.3 Å². The zero-order valence-corrected chi connectivity index (χ0v) is 17.7. The lowest BCUT2D eigenvalue weighted by molar-refractivity contribution is 0.223. The van der Waals surface area contributed by atoms with Gasteiger partial charge in [-0.2, -0.15) is 0 Å². The number of nitrogens with zero attached hydrogens (tertiary/aromatic N) is 1. The van der Waals surface area contributed by atoms with Crippen LogP contribution in [0.2, 0.25) is 0 Å². The first-order chi connectivity index (χ1) is 9.55. The van der Waals surface area contributed by atoms with Crippen molar-refractivity contribution in [3.05, 3.63) is 0 Å². The maximum atomic E-state index is 6.04. The molecule has 0 bridgehead atoms. The fourth-order valence-electron chi connectivity index (χ4n) is 3.13. The summed E-state index contributed by atoms with van der Waals surface area (Å²) in [6, 6.07) is 0.289. The monoisotopic (exact) mass is 327 g/mol. The molecule has 22 heavy (non-hydrogen) atoms. The molecule has 130 valence electrons. The van der Waals surface area contributed by atoms with Gasteiger partial charge in [0.2, 0.25) is 0 Å². The van der Waals surface area contributed by atoms with Gasteiger partial charge in [0.15, 0.2) is 5.90 Å². The molecular formula is C19H38NOP. The molecule has 0 aliphatic carbocycles. The van der Waals surface area contributed by atoms with Crippen molar-refractivity contribution >= 4 is 13.8 Å². The minimum Gasteiger partial charge on any atom is -0.478 e. The van der Waals surface area contributed by atoms with Crippen LogP contribution in [0.15, 0.2) is 4.99 Å². The zero-order valence-electron chi connectivity index (χ0n) is 16.8. The Labute approximate surface area is 140 Å². The van der Waals surface area contributed by atoms with E-state index in [1.807, 2.05) is 0 Å². The summed E-state index contributed by atoms with van der Waals surface area (Å²) < 4.78 is 6.04. The van der Waals surface area contributed by atoms with Crippen LogP contribution in [0.3, 0.4) is 0 Å². The molecule has 0 N–H and O–H groups in total. The van der Waals surface area contributed by atoms with Crippen LogP contribution in [0.25, 0.3) is 0 Å². The lowest BCUT2D eigenvalue weighted by Gasteiger charge is -2.45. The van der Waals surface area contributed by atoms with Crippen LogP contribution in [-0.4, -0.2) is 35.0 Å². The Hall–Kier alpha value is -0.100. The second-order valence-electron chi connectivity index (χ2n) is 10.4. The SMILES string of the molecule is CC(C)(CP(C(C)(C)C)C(C)(C)C)C1=NC(C(C)(C)C)CO1. The number of hydrogen-bond donors (Lipinski definition) is 0. The fourth-order valence-corrected chi connectivity index (χ4v) is 7.02. The fraction of sp³-hybridized carbons (Fsp3) is 0.947. The highest BCUT2D eigenvalue weighted by atomic mass is 31.1. The quantitative estimate of drug-likeness (QED) is 0.588. The summed E-state index contributed by atoms with van der Waals surface area (Å²) in [6.45, 7) is 26.4. The summed E-state index contributed by atoms with van der Waals surface area (Å²) in [4.78, 5) is 4.95. The molecule has 0 saturated carbocycles. The number of rotatable bonds is 3. The second kappa shape index (κ2) is 6.08. The Morgan fingerprint density at radius 3 is 1.68 bits per heavy atom. The number of aliphatic imine (C=N–C) groups is 1. The molecule has 1 rings (SSSR count). The van der Waals surface area contributed by atoms with Gasteiger partial charge in [-0.25, -0.2) is 4.99 Å². The molecule has 1 heterocycles. The molecule has 3 heteroatoms. The Balaban J connectivity index is 3.00. The molecule has 1 aliphatic heterocycles. The van der Waals surface area contributed by atoms with Gasteiger partial charge in [0.1, 0.15) is 6.61 Å². The third-order valence-electron chi connectivity index (χ3n) is 4.40. The molecule has 0 spiro atoms. The first-order valence-corrected chi connectivity index (χ1v) is 10.1. The highest BCUT2D eigenvalue weighted by molar-refractivity contribution is 7.60. The largest absolute Gasteiger partial charge is 0.478 e. The predicted octanol–water partition coefficient (Wildman–Crippen LogP) is 5.93. The Kier molecular flexibility index (Phi) is 5.51. The summed E-state index contributed by atoms with van der Waals surface area (Å²) in [5.41, 5.74) is 0.197. The van der Waals surface area contributed by atoms with Crippen molar-refractivity contribution < 1.29 is 4.74 Å². The molecule has 0 aromatic heterocycles. The molecule has 0 aromatic rings. The average molecular weight is 327 g/mol. The first-order valence-electron chi connectivity index (χ1n) is 8.54. The van der Waals surface area contributed by atoms with E-state index in [4.69, 9.17) is 9.73 Å². The normalized spacial score (nSPS) is 21.1. The van der Waals surface area contributed by atoms with E-state index in [9.17, 15) is 0 Å². The summed E-state index contributed by atoms with van der Waals surface area (Å²) >= 11 is 0. The van der Waals surface area contributed by atoms with Crippen molar-refractivity contribution in [1.82, 2.24) is 0 Å². The topological polar surface area (TPSA) is 21.6 Å². The average Bonchev–Trinajstić information content (AvgIpc) is 2.72. The smallest absolute Gasteiger partial charge is 0.189 e. The van der Waals surface area contributed by atoms with E-state index in [-0.39, 0.29) is 24.8 Å². The van der Waals surface area contributed by atoms with Gasteiger partial charge in [0, 0.05) is 5.41 Å². The van der Waals surface area contributed by atoms with Crippen LogP contribution >= 0.6 is 7.92 Å². The van der Waals surface area contributed by atoms with Gasteiger partial charge in [0.25, 0.3) is 0 Å². The third kappa shape index (κ3) is 4.95. The minimum absolute atomic E-state index is 0.0201. The standard InChI is InChI=1S/C19H38NOP/c1-16(2,3)14-12-21-15(20-14)19(10,11)13-22(17(4,5)6)18(7,8)9/h14H,12-13H2,1-11H3. The lowest BCUT2D eigenvalue weighted by atomic mass is 9.88. The first kappa shape index (κ1) is 19.9. The summed E-state index contributed by atoms with van der Waals surface area (Å²) in [6.07, 6.45) is 1.17. The van der Waals surface area contributed by atoms with E-state index in [1.165, 1.54) is 6.16 Å². The van der Waals surface area contributed by atoms with Crippen LogP contribution in [0.5, 0.6) is 0 Å². The maximum Gasteiger partial charge on any atom is 0.189 e. The van der Waals surface area contributed by atoms with E-state index < -0.39 is 0 Å². The molecule has 0 amide bonds. The highest BCUT2D eigenvalue weighted by Crippen LogP contribution is 2.61. The van der Waals surface area contributed by atoms with Crippen molar-refractivity contribution in [2.75, 3.05) is 12.8 Å². The Bertz CT molecular complexity index is 404. The van der Waals surface area contributed by atoms with Gasteiger partial charge in [-0.3, -0.25) is 0 Å². The molecule has 1 unspecified atom stereocenters. The maximum absolute atomic E-state index is 6.04.